The lowest BCUT2D eigenvalue weighted by Crippen LogP contribution is -2.38. The number of halogens is 1. The molecule has 1 saturated carbocycles. The van der Waals surface area contributed by atoms with Crippen molar-refractivity contribution in [2.45, 2.75) is 50.9 Å². The van der Waals surface area contributed by atoms with Crippen molar-refractivity contribution in [2.24, 2.45) is 0 Å². The van der Waals surface area contributed by atoms with Gasteiger partial charge in [0, 0.05) is 30.2 Å². The lowest BCUT2D eigenvalue weighted by molar-refractivity contribution is 0.0670. The van der Waals surface area contributed by atoms with Gasteiger partial charge in [0.1, 0.15) is 5.75 Å². The number of rotatable bonds is 6. The number of methoxy groups -OCH3 is 1. The van der Waals surface area contributed by atoms with Gasteiger partial charge in [0.05, 0.1) is 13.2 Å². The third-order valence-electron chi connectivity index (χ3n) is 4.63. The molecule has 3 N–H and O–H groups in total. The maximum atomic E-state index is 9.80. The summed E-state index contributed by atoms with van der Waals surface area (Å²) in [5, 5.41) is 10.4. The minimum atomic E-state index is -0.140. The Kier molecular flexibility index (Phi) is 7.50. The highest BCUT2D eigenvalue weighted by atomic mass is 35.5. The molecule has 0 aliphatic heterocycles. The van der Waals surface area contributed by atoms with Crippen molar-refractivity contribution in [3.05, 3.63) is 40.9 Å². The predicted molar refractivity (Wildman–Crippen MR) is 104 cm³/mol. The number of nitrogen functional groups attached to an aromatic ring is 1. The Hall–Kier alpha value is -1.34. The largest absolute Gasteiger partial charge is 0.497 e. The number of aliphatic hydroxyl groups is 1. The molecular weight excluding hydrogens is 358 g/mol. The van der Waals surface area contributed by atoms with E-state index >= 15 is 0 Å². The van der Waals surface area contributed by atoms with E-state index in [9.17, 15) is 5.11 Å². The van der Waals surface area contributed by atoms with Crippen LogP contribution in [0.5, 0.6) is 5.75 Å². The van der Waals surface area contributed by atoms with Crippen LogP contribution >= 0.6 is 23.7 Å². The Bertz CT molecular complexity index is 659. The summed E-state index contributed by atoms with van der Waals surface area (Å²) < 4.78 is 5.34. The maximum Gasteiger partial charge on any atom is 0.180 e. The number of aromatic nitrogens is 1. The molecule has 0 amide bonds. The third kappa shape index (κ3) is 5.57. The molecular formula is C18H26ClN3O2S. The van der Waals surface area contributed by atoms with E-state index in [4.69, 9.17) is 10.5 Å². The molecule has 2 aromatic rings. The molecule has 1 aromatic heterocycles. The normalized spacial score (nSPS) is 20.3. The summed E-state index contributed by atoms with van der Waals surface area (Å²) in [6, 6.07) is 8.69. The van der Waals surface area contributed by atoms with Crippen LogP contribution in [0.15, 0.2) is 30.5 Å². The number of aliphatic hydroxyl groups excluding tert-OH is 1. The standard InChI is InChI=1S/C18H25N3O2S.ClH/c1-23-16-4-2-3-13(9-16)11-21(12-17-10-20-18(19)24-17)14-5-7-15(22)8-6-14;/h2-4,9-10,14-15,22H,5-8,11-12H2,1H3,(H2,19,20);1H. The Morgan fingerprint density at radius 1 is 1.28 bits per heavy atom. The number of nitrogens with zero attached hydrogens (tertiary/aromatic N) is 2. The zero-order valence-corrected chi connectivity index (χ0v) is 16.1. The lowest BCUT2D eigenvalue weighted by Gasteiger charge is -2.35. The molecule has 1 aromatic carbocycles. The van der Waals surface area contributed by atoms with E-state index in [1.54, 1.807) is 18.4 Å². The average molecular weight is 384 g/mol. The summed E-state index contributed by atoms with van der Waals surface area (Å²) in [6.45, 7) is 1.70. The van der Waals surface area contributed by atoms with Crippen LogP contribution in [0, 0.1) is 0 Å². The molecule has 0 atom stereocenters. The molecule has 0 unspecified atom stereocenters. The number of benzene rings is 1. The fourth-order valence-electron chi connectivity index (χ4n) is 3.34. The van der Waals surface area contributed by atoms with Gasteiger partial charge in [0.2, 0.25) is 0 Å². The number of nitrogens with two attached hydrogens (primary N) is 1. The minimum Gasteiger partial charge on any atom is -0.497 e. The van der Waals surface area contributed by atoms with Gasteiger partial charge in [-0.3, -0.25) is 4.90 Å². The SMILES string of the molecule is COc1cccc(CN(Cc2cnc(N)s2)C2CCC(O)CC2)c1.Cl. The third-order valence-corrected chi connectivity index (χ3v) is 5.44. The van der Waals surface area contributed by atoms with Crippen LogP contribution < -0.4 is 10.5 Å². The van der Waals surface area contributed by atoms with Crippen molar-refractivity contribution in [1.29, 1.82) is 0 Å². The highest BCUT2D eigenvalue weighted by molar-refractivity contribution is 7.15. The number of ether oxygens (including phenoxy) is 1. The van der Waals surface area contributed by atoms with Gasteiger partial charge in [-0.2, -0.15) is 0 Å². The zero-order valence-electron chi connectivity index (χ0n) is 14.4. The first-order valence-electron chi connectivity index (χ1n) is 8.39. The van der Waals surface area contributed by atoms with Crippen molar-refractivity contribution in [2.75, 3.05) is 12.8 Å². The highest BCUT2D eigenvalue weighted by Crippen LogP contribution is 2.28. The van der Waals surface area contributed by atoms with E-state index in [0.717, 1.165) is 44.5 Å². The van der Waals surface area contributed by atoms with Gasteiger partial charge in [0.25, 0.3) is 0 Å². The molecule has 3 rings (SSSR count). The molecule has 7 heteroatoms. The molecule has 0 bridgehead atoms. The molecule has 1 aliphatic carbocycles. The van der Waals surface area contributed by atoms with Gasteiger partial charge < -0.3 is 15.6 Å². The topological polar surface area (TPSA) is 71.6 Å². The van der Waals surface area contributed by atoms with E-state index in [2.05, 4.69) is 22.0 Å². The second-order valence-corrected chi connectivity index (χ2v) is 7.53. The van der Waals surface area contributed by atoms with Gasteiger partial charge in [-0.25, -0.2) is 4.98 Å². The van der Waals surface area contributed by atoms with Gasteiger partial charge >= 0.3 is 0 Å². The molecule has 1 fully saturated rings. The van der Waals surface area contributed by atoms with E-state index in [-0.39, 0.29) is 18.5 Å². The van der Waals surface area contributed by atoms with E-state index in [1.807, 2.05) is 18.3 Å². The Morgan fingerprint density at radius 3 is 2.68 bits per heavy atom. The highest BCUT2D eigenvalue weighted by Gasteiger charge is 2.25. The van der Waals surface area contributed by atoms with Crippen LogP contribution in [0.25, 0.3) is 0 Å². The molecule has 1 heterocycles. The molecule has 5 nitrogen and oxygen atoms in total. The molecule has 0 radical (unpaired) electrons. The average Bonchev–Trinajstić information content (AvgIpc) is 3.00. The fraction of sp³-hybridized carbons (Fsp3) is 0.500. The van der Waals surface area contributed by atoms with Crippen molar-refractivity contribution >= 4 is 28.9 Å². The van der Waals surface area contributed by atoms with Crippen LogP contribution in [0.4, 0.5) is 5.13 Å². The number of anilines is 1. The summed E-state index contributed by atoms with van der Waals surface area (Å²) in [7, 11) is 1.69. The Balaban J connectivity index is 0.00000225. The first-order valence-corrected chi connectivity index (χ1v) is 9.21. The van der Waals surface area contributed by atoms with Crippen molar-refractivity contribution in [3.63, 3.8) is 0 Å². The lowest BCUT2D eigenvalue weighted by atomic mass is 9.91. The second-order valence-electron chi connectivity index (χ2n) is 6.38. The van der Waals surface area contributed by atoms with Crippen molar-refractivity contribution in [3.8, 4) is 5.75 Å². The van der Waals surface area contributed by atoms with Gasteiger partial charge in [-0.05, 0) is 43.4 Å². The summed E-state index contributed by atoms with van der Waals surface area (Å²) in [5.74, 6) is 0.883. The predicted octanol–water partition coefficient (Wildman–Crippen LogP) is 3.46. The molecule has 1 aliphatic rings. The summed E-state index contributed by atoms with van der Waals surface area (Å²) in [5.41, 5.74) is 7.01. The van der Waals surface area contributed by atoms with Crippen LogP contribution in [-0.2, 0) is 13.1 Å². The Labute approximate surface area is 159 Å². The smallest absolute Gasteiger partial charge is 0.180 e. The quantitative estimate of drug-likeness (QED) is 0.799. The zero-order chi connectivity index (χ0) is 16.9. The first kappa shape index (κ1) is 20.0. The van der Waals surface area contributed by atoms with E-state index < -0.39 is 0 Å². The molecule has 138 valence electrons. The molecule has 0 saturated heterocycles. The monoisotopic (exact) mass is 383 g/mol. The minimum absolute atomic E-state index is 0. The first-order chi connectivity index (χ1) is 11.6. The molecule has 25 heavy (non-hydrogen) atoms. The van der Waals surface area contributed by atoms with E-state index in [1.165, 1.54) is 10.4 Å². The fourth-order valence-corrected chi connectivity index (χ4v) is 4.05. The number of hydrogen-bond acceptors (Lipinski definition) is 6. The van der Waals surface area contributed by atoms with Crippen molar-refractivity contribution < 1.29 is 9.84 Å². The van der Waals surface area contributed by atoms with Gasteiger partial charge in [0.15, 0.2) is 5.13 Å². The van der Waals surface area contributed by atoms with Crippen LogP contribution in [0.1, 0.15) is 36.1 Å². The summed E-state index contributed by atoms with van der Waals surface area (Å²) >= 11 is 1.55. The summed E-state index contributed by atoms with van der Waals surface area (Å²) in [6.07, 6.45) is 5.54. The molecule has 0 spiro atoms. The number of hydrogen-bond donors (Lipinski definition) is 2. The summed E-state index contributed by atoms with van der Waals surface area (Å²) in [4.78, 5) is 7.83. The van der Waals surface area contributed by atoms with Gasteiger partial charge in [-0.1, -0.05) is 12.1 Å². The van der Waals surface area contributed by atoms with Crippen LogP contribution in [-0.4, -0.2) is 34.2 Å². The van der Waals surface area contributed by atoms with Crippen LogP contribution in [0.2, 0.25) is 0 Å². The van der Waals surface area contributed by atoms with E-state index in [0.29, 0.717) is 11.2 Å². The number of thiazole rings is 1. The second kappa shape index (κ2) is 9.38. The van der Waals surface area contributed by atoms with Crippen molar-refractivity contribution in [1.82, 2.24) is 9.88 Å². The van der Waals surface area contributed by atoms with Gasteiger partial charge in [-0.15, -0.1) is 23.7 Å². The van der Waals surface area contributed by atoms with Crippen LogP contribution in [0.3, 0.4) is 0 Å². The maximum absolute atomic E-state index is 9.80. The Morgan fingerprint density at radius 2 is 2.04 bits per heavy atom.